The molecule has 40 valence electrons. The molecule has 0 unspecified atom stereocenters. The van der Waals surface area contributed by atoms with E-state index < -0.39 is 0 Å². The summed E-state index contributed by atoms with van der Waals surface area (Å²) in [7, 11) is 0. The van der Waals surface area contributed by atoms with Crippen LogP contribution in [0.25, 0.3) is 0 Å². The monoisotopic (exact) mass is 121 g/mol. The Morgan fingerprint density at radius 1 is 1.62 bits per heavy atom. The molecular weight excluding hydrogens is 116 g/mol. The van der Waals surface area contributed by atoms with Crippen molar-refractivity contribution >= 4 is 11.3 Å². The second-order valence-corrected chi connectivity index (χ2v) is 2.23. The quantitative estimate of drug-likeness (QED) is 0.363. The van der Waals surface area contributed by atoms with Gasteiger partial charge in [0.15, 0.2) is 0 Å². The van der Waals surface area contributed by atoms with Gasteiger partial charge in [0.2, 0.25) is 0 Å². The number of thiophene rings is 1. The Bertz CT molecular complexity index is 198. The third-order valence-electron chi connectivity index (χ3n) is 0.733. The minimum Gasteiger partial charge on any atom is -0.292 e. The van der Waals surface area contributed by atoms with E-state index in [9.17, 15) is 0 Å². The van der Waals surface area contributed by atoms with Crippen LogP contribution < -0.4 is 0 Å². The Kier molecular flexibility index (Phi) is 1.61. The molecule has 0 aliphatic carbocycles. The van der Waals surface area contributed by atoms with Crippen molar-refractivity contribution in [2.24, 2.45) is 0 Å². The molecule has 8 heavy (non-hydrogen) atoms. The lowest BCUT2D eigenvalue weighted by molar-refractivity contribution is 1.94. The normalized spacial score (nSPS) is 7.50. The van der Waals surface area contributed by atoms with Crippen molar-refractivity contribution in [1.29, 1.82) is 0 Å². The fraction of sp³-hybridized carbons (Fsp3) is 0. The second kappa shape index (κ2) is 2.44. The maximum atomic E-state index is 3.41. The Morgan fingerprint density at radius 3 is 3.00 bits per heavy atom. The highest BCUT2D eigenvalue weighted by atomic mass is 32.1. The van der Waals surface area contributed by atoms with Crippen LogP contribution in [0, 0.1) is 18.8 Å². The molecule has 1 heteroatoms. The van der Waals surface area contributed by atoms with E-state index in [4.69, 9.17) is 0 Å². The highest BCUT2D eigenvalue weighted by Crippen LogP contribution is 2.04. The molecule has 1 aromatic rings. The molecule has 0 nitrogen and oxygen atoms in total. The average Bonchev–Trinajstić information content (AvgIpc) is 2.19. The van der Waals surface area contributed by atoms with Crippen molar-refractivity contribution < 1.29 is 0 Å². The summed E-state index contributed by atoms with van der Waals surface area (Å²) in [6.07, 6.45) is 0. The summed E-state index contributed by atoms with van der Waals surface area (Å²) in [4.78, 5) is 1.08. The van der Waals surface area contributed by atoms with Crippen LogP contribution in [0.1, 0.15) is 4.88 Å². The van der Waals surface area contributed by atoms with E-state index in [0.717, 1.165) is 4.88 Å². The first-order valence-corrected chi connectivity index (χ1v) is 3.13. The Balaban J connectivity index is 2.88. The molecule has 1 aromatic heterocycles. The van der Waals surface area contributed by atoms with Crippen molar-refractivity contribution in [3.63, 3.8) is 0 Å². The first kappa shape index (κ1) is 5.27. The topological polar surface area (TPSA) is 0 Å². The molecule has 0 aliphatic heterocycles. The first-order valence-electron chi connectivity index (χ1n) is 2.25. The molecule has 0 aliphatic rings. The van der Waals surface area contributed by atoms with E-state index in [-0.39, 0.29) is 0 Å². The summed E-state index contributed by atoms with van der Waals surface area (Å²) in [5.74, 6) is 5.43. The average molecular weight is 121 g/mol. The van der Waals surface area contributed by atoms with Crippen LogP contribution in [0.5, 0.6) is 0 Å². The standard InChI is InChI=1S/C7H5S/c1-2-4-7-5-3-6-8-7/h3,5-6H,1H2/q-1. The van der Waals surface area contributed by atoms with Crippen molar-refractivity contribution in [2.75, 3.05) is 0 Å². The number of hydrogen-bond donors (Lipinski definition) is 0. The van der Waals surface area contributed by atoms with Crippen molar-refractivity contribution in [2.45, 2.75) is 0 Å². The lowest BCUT2D eigenvalue weighted by atomic mass is 10.5. The molecule has 0 fully saturated rings. The van der Waals surface area contributed by atoms with Gasteiger partial charge in [-0.1, -0.05) is 12.1 Å². The van der Waals surface area contributed by atoms with Gasteiger partial charge >= 0.3 is 0 Å². The van der Waals surface area contributed by atoms with Crippen molar-refractivity contribution in [1.82, 2.24) is 0 Å². The summed E-state index contributed by atoms with van der Waals surface area (Å²) in [5.41, 5.74) is 0. The highest BCUT2D eigenvalue weighted by molar-refractivity contribution is 7.10. The molecule has 0 aromatic carbocycles. The molecule has 0 spiro atoms. The van der Waals surface area contributed by atoms with E-state index in [1.165, 1.54) is 0 Å². The van der Waals surface area contributed by atoms with Gasteiger partial charge in [-0.05, 0) is 10.3 Å². The number of rotatable bonds is 0. The molecule has 0 saturated carbocycles. The van der Waals surface area contributed by atoms with Gasteiger partial charge in [0.05, 0.1) is 0 Å². The van der Waals surface area contributed by atoms with Crippen LogP contribution in [-0.2, 0) is 0 Å². The largest absolute Gasteiger partial charge is 0.292 e. The van der Waals surface area contributed by atoms with Gasteiger partial charge < -0.3 is 0 Å². The summed E-state index contributed by atoms with van der Waals surface area (Å²) in [6.45, 7) is 3.41. The van der Waals surface area contributed by atoms with Crippen LogP contribution in [0.2, 0.25) is 0 Å². The molecule has 0 radical (unpaired) electrons. The summed E-state index contributed by atoms with van der Waals surface area (Å²) in [5, 5.41) is 2.00. The smallest absolute Gasteiger partial charge is 0.00978 e. The molecule has 0 N–H and O–H groups in total. The van der Waals surface area contributed by atoms with Gasteiger partial charge in [-0.2, -0.15) is 18.3 Å². The first-order chi connectivity index (χ1) is 3.93. The maximum absolute atomic E-state index is 3.41. The molecule has 1 rings (SSSR count). The minimum atomic E-state index is 1.08. The Labute approximate surface area is 53.2 Å². The third-order valence-corrected chi connectivity index (χ3v) is 1.52. The lowest BCUT2D eigenvalue weighted by Crippen LogP contribution is -1.54. The SMILES string of the molecule is [CH2-]C#Cc1cccs1. The second-order valence-electron chi connectivity index (χ2n) is 1.28. The zero-order valence-electron chi connectivity index (χ0n) is 4.35. The van der Waals surface area contributed by atoms with Crippen molar-refractivity contribution in [3.8, 4) is 11.8 Å². The van der Waals surface area contributed by atoms with Crippen LogP contribution in [0.15, 0.2) is 17.5 Å². The molecule has 0 atom stereocenters. The van der Waals surface area contributed by atoms with Gasteiger partial charge in [-0.25, -0.2) is 0 Å². The molecule has 0 amide bonds. The summed E-state index contributed by atoms with van der Waals surface area (Å²) < 4.78 is 0. The van der Waals surface area contributed by atoms with E-state index in [1.807, 2.05) is 17.5 Å². The fourth-order valence-electron chi connectivity index (χ4n) is 0.437. The zero-order valence-corrected chi connectivity index (χ0v) is 5.16. The zero-order chi connectivity index (χ0) is 5.82. The number of hydrogen-bond acceptors (Lipinski definition) is 1. The molecular formula is C7H5S-. The van der Waals surface area contributed by atoms with E-state index in [0.29, 0.717) is 0 Å². The van der Waals surface area contributed by atoms with Crippen LogP contribution in [-0.4, -0.2) is 0 Å². The van der Waals surface area contributed by atoms with E-state index in [1.54, 1.807) is 11.3 Å². The lowest BCUT2D eigenvalue weighted by Gasteiger charge is -1.81. The molecule has 0 bridgehead atoms. The van der Waals surface area contributed by atoms with Crippen molar-refractivity contribution in [3.05, 3.63) is 29.3 Å². The highest BCUT2D eigenvalue weighted by Gasteiger charge is 1.73. The molecule has 0 saturated heterocycles. The van der Waals surface area contributed by atoms with Gasteiger partial charge in [0.25, 0.3) is 0 Å². The van der Waals surface area contributed by atoms with Crippen LogP contribution in [0.4, 0.5) is 0 Å². The van der Waals surface area contributed by atoms with Gasteiger partial charge in [0, 0.05) is 0 Å². The van der Waals surface area contributed by atoms with Crippen LogP contribution in [0.3, 0.4) is 0 Å². The maximum Gasteiger partial charge on any atom is -0.00978 e. The fourth-order valence-corrected chi connectivity index (χ4v) is 1.03. The third kappa shape index (κ3) is 1.05. The van der Waals surface area contributed by atoms with E-state index >= 15 is 0 Å². The predicted octanol–water partition coefficient (Wildman–Crippen LogP) is 1.93. The summed E-state index contributed by atoms with van der Waals surface area (Å²) >= 11 is 1.63. The van der Waals surface area contributed by atoms with E-state index in [2.05, 4.69) is 18.8 Å². The summed E-state index contributed by atoms with van der Waals surface area (Å²) in [6, 6.07) is 3.95. The van der Waals surface area contributed by atoms with Gasteiger partial charge in [-0.15, -0.1) is 0 Å². The minimum absolute atomic E-state index is 1.08. The Hall–Kier alpha value is -0.870. The Morgan fingerprint density at radius 2 is 2.50 bits per heavy atom. The van der Waals surface area contributed by atoms with Crippen LogP contribution >= 0.6 is 11.3 Å². The predicted molar refractivity (Wildman–Crippen MR) is 36.6 cm³/mol. The van der Waals surface area contributed by atoms with Gasteiger partial charge in [-0.3, -0.25) is 11.8 Å². The van der Waals surface area contributed by atoms with Gasteiger partial charge in [0.1, 0.15) is 0 Å². The molecule has 1 heterocycles.